The summed E-state index contributed by atoms with van der Waals surface area (Å²) in [6.45, 7) is 0. The number of hydrogen-bond acceptors (Lipinski definition) is 1. The molecule has 0 spiro atoms. The van der Waals surface area contributed by atoms with Gasteiger partial charge in [-0.05, 0) is 63.0 Å². The van der Waals surface area contributed by atoms with Gasteiger partial charge in [0.25, 0.3) is 0 Å². The summed E-state index contributed by atoms with van der Waals surface area (Å²) in [5.74, 6) is 0. The first-order chi connectivity index (χ1) is 26.4. The number of nitrogens with zero attached hydrogens (tertiary/aromatic N) is 3. The number of fused-ring (bicyclic) bond motifs is 6. The third-order valence-electron chi connectivity index (χ3n) is 14.8. The summed E-state index contributed by atoms with van der Waals surface area (Å²) in [6.07, 6.45) is 0. The van der Waals surface area contributed by atoms with E-state index in [1.165, 1.54) is 131 Å². The zero-order valence-corrected chi connectivity index (χ0v) is 36.4. The summed E-state index contributed by atoms with van der Waals surface area (Å²) in [6, 6.07) is 18.0. The lowest BCUT2D eigenvalue weighted by Gasteiger charge is -2.19. The number of benzene rings is 6. The van der Waals surface area contributed by atoms with E-state index in [4.69, 9.17) is 0 Å². The highest BCUT2D eigenvalue weighted by Gasteiger charge is 2.25. The fourth-order valence-corrected chi connectivity index (χ4v) is 10.0. The van der Waals surface area contributed by atoms with E-state index < -0.39 is 0 Å². The van der Waals surface area contributed by atoms with Gasteiger partial charge in [0.1, 0.15) is 126 Å². The summed E-state index contributed by atoms with van der Waals surface area (Å²) in [4.78, 5) is 0. The molecule has 0 aliphatic rings. The molecule has 2 aromatic heterocycles. The minimum atomic E-state index is 0.654. The molecule has 0 saturated heterocycles. The second-order valence-corrected chi connectivity index (χ2v) is 17.0. The summed E-state index contributed by atoms with van der Waals surface area (Å²) in [7, 11) is 36.4. The van der Waals surface area contributed by atoms with Crippen LogP contribution in [-0.4, -0.2) is 135 Å². The normalized spacial score (nSPS) is 11.6. The van der Waals surface area contributed by atoms with Crippen molar-refractivity contribution in [3.63, 3.8) is 0 Å². The maximum atomic E-state index is 10.6. The molecule has 0 N–H and O–H groups in total. The highest BCUT2D eigenvalue weighted by molar-refractivity contribution is 6.73. The van der Waals surface area contributed by atoms with Crippen LogP contribution in [0, 0.1) is 11.3 Å². The van der Waals surface area contributed by atoms with Crippen LogP contribution in [0.4, 0.5) is 0 Å². The van der Waals surface area contributed by atoms with Crippen LogP contribution in [0.1, 0.15) is 5.56 Å². The standard InChI is InChI=1S/C37H39B16N3/c38-18-14-15-19(39)23(43)27(47)31(51)35(15)55(34(14)30(50)26(46)22(18)42)12-3-1-2-10(6-12)11-4-9(8-54)5-13(7-11)56-36-16(20(40)24(44)28(48)32(36)52)17-21(41)25(45)29(49)33(53)37(17)56/h1-7H,38-53H2. The Kier molecular flexibility index (Phi) is 9.08. The average molecular weight is 699 g/mol. The van der Waals surface area contributed by atoms with Crippen molar-refractivity contribution in [1.29, 1.82) is 5.26 Å². The van der Waals surface area contributed by atoms with Crippen LogP contribution in [0.15, 0.2) is 42.5 Å². The van der Waals surface area contributed by atoms with Crippen LogP contribution in [0.25, 0.3) is 66.1 Å². The molecule has 2 heterocycles. The number of nitriles is 1. The van der Waals surface area contributed by atoms with Gasteiger partial charge in [-0.25, -0.2) is 0 Å². The van der Waals surface area contributed by atoms with Crippen molar-refractivity contribution in [3.05, 3.63) is 48.0 Å². The van der Waals surface area contributed by atoms with Crippen molar-refractivity contribution < 1.29 is 0 Å². The van der Waals surface area contributed by atoms with E-state index in [0.717, 1.165) is 22.5 Å². The van der Waals surface area contributed by atoms with Crippen molar-refractivity contribution in [1.82, 2.24) is 9.13 Å². The van der Waals surface area contributed by atoms with Crippen molar-refractivity contribution >= 4 is 257 Å². The van der Waals surface area contributed by atoms with Gasteiger partial charge in [0.15, 0.2) is 0 Å². The molecule has 0 unspecified atom stereocenters. The lowest BCUT2D eigenvalue weighted by molar-refractivity contribution is 1.18. The zero-order valence-electron chi connectivity index (χ0n) is 36.4. The lowest BCUT2D eigenvalue weighted by Crippen LogP contribution is -2.49. The first-order valence-corrected chi connectivity index (χ1v) is 20.1. The van der Waals surface area contributed by atoms with E-state index >= 15 is 0 Å². The fourth-order valence-electron chi connectivity index (χ4n) is 10.0. The van der Waals surface area contributed by atoms with E-state index in [-0.39, 0.29) is 0 Å². The second kappa shape index (κ2) is 13.3. The summed E-state index contributed by atoms with van der Waals surface area (Å²) >= 11 is 0. The first-order valence-electron chi connectivity index (χ1n) is 20.1. The molecule has 0 fully saturated rings. The molecule has 19 heteroatoms. The monoisotopic (exact) mass is 701 g/mol. The van der Waals surface area contributed by atoms with E-state index in [1.807, 2.05) is 0 Å². The minimum absolute atomic E-state index is 0.654. The van der Waals surface area contributed by atoms with Crippen molar-refractivity contribution in [2.75, 3.05) is 0 Å². The van der Waals surface area contributed by atoms with Crippen LogP contribution >= 0.6 is 0 Å². The van der Waals surface area contributed by atoms with E-state index in [2.05, 4.69) is 183 Å². The molecule has 0 saturated carbocycles. The van der Waals surface area contributed by atoms with Gasteiger partial charge in [0.05, 0.1) is 11.6 Å². The lowest BCUT2D eigenvalue weighted by atomic mass is 9.63. The molecule has 8 aromatic rings. The van der Waals surface area contributed by atoms with Gasteiger partial charge < -0.3 is 9.13 Å². The molecule has 0 atom stereocenters. The van der Waals surface area contributed by atoms with Crippen LogP contribution < -0.4 is 87.4 Å². The van der Waals surface area contributed by atoms with E-state index in [9.17, 15) is 5.26 Å². The Balaban J connectivity index is 1.47. The van der Waals surface area contributed by atoms with Crippen LogP contribution in [-0.2, 0) is 0 Å². The van der Waals surface area contributed by atoms with Gasteiger partial charge in [-0.15, -0.1) is 21.9 Å². The molecular weight excluding hydrogens is 659 g/mol. The third kappa shape index (κ3) is 5.06. The number of aromatic nitrogens is 2. The van der Waals surface area contributed by atoms with Gasteiger partial charge in [0, 0.05) is 33.4 Å². The molecule has 0 radical (unpaired) electrons. The minimum Gasteiger partial charge on any atom is -0.310 e. The van der Waals surface area contributed by atoms with Gasteiger partial charge in [-0.2, -0.15) is 5.26 Å². The number of rotatable bonds is 3. The molecule has 0 amide bonds. The van der Waals surface area contributed by atoms with Gasteiger partial charge >= 0.3 is 0 Å². The molecule has 56 heavy (non-hydrogen) atoms. The van der Waals surface area contributed by atoms with E-state index in [1.54, 1.807) is 0 Å². The zero-order chi connectivity index (χ0) is 40.6. The maximum absolute atomic E-state index is 10.6. The Bertz CT molecular complexity index is 3020. The van der Waals surface area contributed by atoms with Crippen molar-refractivity contribution in [2.24, 2.45) is 0 Å². The third-order valence-corrected chi connectivity index (χ3v) is 14.8. The number of hydrogen-bond donors (Lipinski definition) is 0. The molecule has 0 aliphatic carbocycles. The summed E-state index contributed by atoms with van der Waals surface area (Å²) in [5.41, 5.74) is 31.4. The molecule has 6 aromatic carbocycles. The predicted octanol–water partition coefficient (Wildman–Crippen LogP) is -18.4. The topological polar surface area (TPSA) is 33.6 Å². The van der Waals surface area contributed by atoms with Crippen LogP contribution in [0.3, 0.4) is 0 Å². The Morgan fingerprint density at radius 1 is 0.339 bits per heavy atom. The predicted molar refractivity (Wildman–Crippen MR) is 296 cm³/mol. The SMILES string of the molecule is Bc1c(B)c(B)c2c(c1B)c1c(B)c(B)c(B)c(B)c1n2-c1cccc(-c2cc(C#N)cc(-n3c4c(B)c(B)c(B)c(B)c4c4c(B)c(B)c(B)c(B)c43)c2)c1. The van der Waals surface area contributed by atoms with Crippen LogP contribution in [0.5, 0.6) is 0 Å². The quantitative estimate of drug-likeness (QED) is 0.169. The molecule has 0 bridgehead atoms. The molecular formula is C37H39B16N3. The molecule has 0 aliphatic heterocycles. The Hall–Kier alpha value is -4.55. The Morgan fingerprint density at radius 3 is 1.02 bits per heavy atom. The Labute approximate surface area is 345 Å². The fraction of sp³-hybridized carbons (Fsp3) is 0. The highest BCUT2D eigenvalue weighted by atomic mass is 15.0. The summed E-state index contributed by atoms with van der Waals surface area (Å²) in [5, 5.41) is 16.0. The molecule has 8 rings (SSSR count). The summed E-state index contributed by atoms with van der Waals surface area (Å²) < 4.78 is 5.01. The second-order valence-electron chi connectivity index (χ2n) is 17.0. The van der Waals surface area contributed by atoms with Crippen LogP contribution in [0.2, 0.25) is 0 Å². The van der Waals surface area contributed by atoms with Crippen molar-refractivity contribution in [3.8, 4) is 28.6 Å². The average Bonchev–Trinajstić information content (AvgIpc) is 3.76. The first kappa shape index (κ1) is 38.3. The Morgan fingerprint density at radius 2 is 0.661 bits per heavy atom. The van der Waals surface area contributed by atoms with E-state index in [0.29, 0.717) is 5.56 Å². The smallest absolute Gasteiger partial charge is 0.141 e. The highest BCUT2D eigenvalue weighted by Crippen LogP contribution is 2.33. The van der Waals surface area contributed by atoms with Gasteiger partial charge in [0.2, 0.25) is 0 Å². The molecule has 3 nitrogen and oxygen atoms in total. The molecule has 250 valence electrons. The maximum Gasteiger partial charge on any atom is 0.141 e. The largest absolute Gasteiger partial charge is 0.310 e. The van der Waals surface area contributed by atoms with Crippen molar-refractivity contribution in [2.45, 2.75) is 0 Å². The van der Waals surface area contributed by atoms with Gasteiger partial charge in [-0.1, -0.05) is 77.7 Å². The van der Waals surface area contributed by atoms with Gasteiger partial charge in [-0.3, -0.25) is 0 Å².